The molecule has 0 saturated heterocycles. The minimum atomic E-state index is 0.262. The summed E-state index contributed by atoms with van der Waals surface area (Å²) in [6.45, 7) is 0.262. The Morgan fingerprint density at radius 3 is 2.67 bits per heavy atom. The van der Waals surface area contributed by atoms with E-state index in [4.69, 9.17) is 20.9 Å². The molecule has 0 fully saturated rings. The van der Waals surface area contributed by atoms with E-state index in [1.54, 1.807) is 24.3 Å². The molecule has 0 aliphatic heterocycles. The molecule has 0 saturated carbocycles. The van der Waals surface area contributed by atoms with Crippen molar-refractivity contribution >= 4 is 34.2 Å². The molecular formula is C9H6ClIN2O2. The number of ether oxygens (including phenoxy) is 1. The number of nitrogens with zero attached hydrogens (tertiary/aromatic N) is 2. The molecule has 0 aliphatic carbocycles. The molecular weight excluding hydrogens is 330 g/mol. The second-order valence-electron chi connectivity index (χ2n) is 2.70. The van der Waals surface area contributed by atoms with Crippen LogP contribution in [0.25, 0.3) is 0 Å². The quantitative estimate of drug-likeness (QED) is 0.809. The summed E-state index contributed by atoms with van der Waals surface area (Å²) in [5, 5.41) is 4.32. The highest BCUT2D eigenvalue weighted by Gasteiger charge is 2.03. The first kappa shape index (κ1) is 10.7. The van der Waals surface area contributed by atoms with E-state index >= 15 is 0 Å². The average Bonchev–Trinajstić information content (AvgIpc) is 2.64. The Morgan fingerprint density at radius 2 is 2.07 bits per heavy atom. The predicted molar refractivity (Wildman–Crippen MR) is 62.8 cm³/mol. The van der Waals surface area contributed by atoms with E-state index in [0.717, 1.165) is 0 Å². The van der Waals surface area contributed by atoms with Crippen LogP contribution >= 0.6 is 34.2 Å². The fraction of sp³-hybridized carbons (Fsp3) is 0.111. The Hall–Kier alpha value is -0.820. The summed E-state index contributed by atoms with van der Waals surface area (Å²) in [6, 6.07) is 7.08. The van der Waals surface area contributed by atoms with Crippen LogP contribution in [-0.4, -0.2) is 10.1 Å². The van der Waals surface area contributed by atoms with Gasteiger partial charge in [-0.25, -0.2) is 0 Å². The third-order valence-corrected chi connectivity index (χ3v) is 2.31. The van der Waals surface area contributed by atoms with Crippen LogP contribution in [0.3, 0.4) is 0 Å². The van der Waals surface area contributed by atoms with Gasteiger partial charge in [-0.15, -0.1) is 0 Å². The van der Waals surface area contributed by atoms with E-state index in [-0.39, 0.29) is 6.61 Å². The van der Waals surface area contributed by atoms with Crippen molar-refractivity contribution in [3.8, 4) is 5.75 Å². The van der Waals surface area contributed by atoms with Crippen LogP contribution < -0.4 is 4.74 Å². The van der Waals surface area contributed by atoms with Crippen LogP contribution in [0.2, 0.25) is 5.02 Å². The molecule has 1 aromatic carbocycles. The van der Waals surface area contributed by atoms with E-state index in [9.17, 15) is 0 Å². The lowest BCUT2D eigenvalue weighted by molar-refractivity contribution is 0.242. The summed E-state index contributed by atoms with van der Waals surface area (Å²) in [5.74, 6) is 1.17. The molecule has 0 atom stereocenters. The molecule has 0 radical (unpaired) electrons. The van der Waals surface area contributed by atoms with Gasteiger partial charge >= 0.3 is 0 Å². The van der Waals surface area contributed by atoms with Crippen molar-refractivity contribution in [2.45, 2.75) is 6.61 Å². The van der Waals surface area contributed by atoms with Crippen LogP contribution in [0.4, 0.5) is 0 Å². The maximum atomic E-state index is 5.73. The number of halogens is 2. The normalized spacial score (nSPS) is 10.3. The van der Waals surface area contributed by atoms with Crippen LogP contribution in [0.15, 0.2) is 28.8 Å². The number of aromatic nitrogens is 2. The van der Waals surface area contributed by atoms with Crippen molar-refractivity contribution in [3.63, 3.8) is 0 Å². The summed E-state index contributed by atoms with van der Waals surface area (Å²) in [4.78, 5) is 4.00. The van der Waals surface area contributed by atoms with Crippen molar-refractivity contribution in [2.24, 2.45) is 0 Å². The number of rotatable bonds is 3. The minimum Gasteiger partial charge on any atom is -0.484 e. The van der Waals surface area contributed by atoms with Crippen molar-refractivity contribution < 1.29 is 9.26 Å². The average molecular weight is 337 g/mol. The molecule has 0 N–H and O–H groups in total. The lowest BCUT2D eigenvalue weighted by Crippen LogP contribution is -1.95. The summed E-state index contributed by atoms with van der Waals surface area (Å²) in [7, 11) is 0. The second kappa shape index (κ2) is 4.80. The van der Waals surface area contributed by atoms with Crippen molar-refractivity contribution in [3.05, 3.63) is 39.0 Å². The number of hydrogen-bond acceptors (Lipinski definition) is 4. The minimum absolute atomic E-state index is 0.262. The van der Waals surface area contributed by atoms with Gasteiger partial charge in [0.25, 0.3) is 5.89 Å². The molecule has 4 nitrogen and oxygen atoms in total. The van der Waals surface area contributed by atoms with Gasteiger partial charge in [-0.05, 0) is 24.3 Å². The Kier molecular flexibility index (Phi) is 3.42. The predicted octanol–water partition coefficient (Wildman–Crippen LogP) is 2.91. The highest BCUT2D eigenvalue weighted by Crippen LogP contribution is 2.16. The van der Waals surface area contributed by atoms with Gasteiger partial charge in [0.15, 0.2) is 6.61 Å². The molecule has 6 heteroatoms. The molecule has 0 amide bonds. The van der Waals surface area contributed by atoms with Crippen molar-refractivity contribution in [1.82, 2.24) is 10.1 Å². The largest absolute Gasteiger partial charge is 0.484 e. The number of hydrogen-bond donors (Lipinski definition) is 0. The van der Waals surface area contributed by atoms with Gasteiger partial charge in [0, 0.05) is 27.6 Å². The summed E-state index contributed by atoms with van der Waals surface area (Å²) < 4.78 is 10.9. The fourth-order valence-corrected chi connectivity index (χ4v) is 1.46. The molecule has 0 bridgehead atoms. The standard InChI is InChI=1S/C9H6ClIN2O2/c10-6-1-3-7(4-2-6)14-5-8-12-9(11)13-15-8/h1-4H,5H2. The highest BCUT2D eigenvalue weighted by molar-refractivity contribution is 14.1. The van der Waals surface area contributed by atoms with E-state index in [1.807, 2.05) is 22.6 Å². The fourth-order valence-electron chi connectivity index (χ4n) is 0.969. The SMILES string of the molecule is Clc1ccc(OCc2nc(I)no2)cc1. The Labute approximate surface area is 105 Å². The molecule has 2 rings (SSSR count). The molecule has 1 heterocycles. The van der Waals surface area contributed by atoms with Gasteiger partial charge in [-0.2, -0.15) is 4.98 Å². The monoisotopic (exact) mass is 336 g/mol. The smallest absolute Gasteiger partial charge is 0.265 e. The number of benzene rings is 1. The molecule has 78 valence electrons. The lowest BCUT2D eigenvalue weighted by Gasteiger charge is -2.01. The summed E-state index contributed by atoms with van der Waals surface area (Å²) >= 11 is 7.71. The topological polar surface area (TPSA) is 48.2 Å². The first-order chi connectivity index (χ1) is 7.24. The van der Waals surface area contributed by atoms with E-state index < -0.39 is 0 Å². The Bertz CT molecular complexity index is 444. The van der Waals surface area contributed by atoms with Gasteiger partial charge in [-0.3, -0.25) is 0 Å². The van der Waals surface area contributed by atoms with E-state index in [2.05, 4.69) is 10.1 Å². The zero-order valence-electron chi connectivity index (χ0n) is 7.48. The Balaban J connectivity index is 1.96. The van der Waals surface area contributed by atoms with Gasteiger partial charge < -0.3 is 9.26 Å². The molecule has 1 aromatic heterocycles. The van der Waals surface area contributed by atoms with Gasteiger partial charge in [0.1, 0.15) is 5.75 Å². The zero-order chi connectivity index (χ0) is 10.7. The molecule has 0 spiro atoms. The first-order valence-corrected chi connectivity index (χ1v) is 5.56. The lowest BCUT2D eigenvalue weighted by atomic mass is 10.3. The van der Waals surface area contributed by atoms with E-state index in [1.165, 1.54) is 0 Å². The van der Waals surface area contributed by atoms with Crippen LogP contribution in [-0.2, 0) is 6.61 Å². The van der Waals surface area contributed by atoms with Crippen LogP contribution in [0.5, 0.6) is 5.75 Å². The molecule has 2 aromatic rings. The third kappa shape index (κ3) is 3.07. The van der Waals surface area contributed by atoms with Crippen molar-refractivity contribution in [2.75, 3.05) is 0 Å². The zero-order valence-corrected chi connectivity index (χ0v) is 10.4. The van der Waals surface area contributed by atoms with E-state index in [0.29, 0.717) is 20.5 Å². The Morgan fingerprint density at radius 1 is 1.33 bits per heavy atom. The summed E-state index contributed by atoms with van der Waals surface area (Å²) in [5.41, 5.74) is 0. The molecule has 0 unspecified atom stereocenters. The van der Waals surface area contributed by atoms with Gasteiger partial charge in [-0.1, -0.05) is 16.8 Å². The van der Waals surface area contributed by atoms with Crippen LogP contribution in [0, 0.1) is 3.83 Å². The first-order valence-electron chi connectivity index (χ1n) is 4.10. The van der Waals surface area contributed by atoms with Gasteiger partial charge in [0.05, 0.1) is 0 Å². The second-order valence-corrected chi connectivity index (χ2v) is 4.10. The van der Waals surface area contributed by atoms with Gasteiger partial charge in [0.2, 0.25) is 3.83 Å². The molecule has 15 heavy (non-hydrogen) atoms. The maximum Gasteiger partial charge on any atom is 0.265 e. The summed E-state index contributed by atoms with van der Waals surface area (Å²) in [6.07, 6.45) is 0. The maximum absolute atomic E-state index is 5.73. The van der Waals surface area contributed by atoms with Crippen LogP contribution in [0.1, 0.15) is 5.89 Å². The highest BCUT2D eigenvalue weighted by atomic mass is 127. The third-order valence-electron chi connectivity index (χ3n) is 1.62. The molecule has 0 aliphatic rings. The van der Waals surface area contributed by atoms with Crippen molar-refractivity contribution in [1.29, 1.82) is 0 Å².